The van der Waals surface area contributed by atoms with E-state index in [4.69, 9.17) is 10.5 Å². The molecule has 1 heterocycles. The molecule has 15 heavy (non-hydrogen) atoms. The molecule has 0 saturated heterocycles. The number of halogens is 2. The first-order chi connectivity index (χ1) is 7.20. The monoisotopic (exact) mass is 271 g/mol. The van der Waals surface area contributed by atoms with Gasteiger partial charge in [-0.15, -0.1) is 0 Å². The van der Waals surface area contributed by atoms with E-state index in [1.807, 2.05) is 6.08 Å². The van der Waals surface area contributed by atoms with Crippen LogP contribution in [0.15, 0.2) is 34.5 Å². The Bertz CT molecular complexity index is 385. The topological polar surface area (TPSA) is 35.2 Å². The summed E-state index contributed by atoms with van der Waals surface area (Å²) in [6.45, 7) is 0.634. The molecule has 2 nitrogen and oxygen atoms in total. The number of hydrogen-bond donors (Lipinski definition) is 1. The Hall–Kier alpha value is -0.870. The summed E-state index contributed by atoms with van der Waals surface area (Å²) in [5.74, 6) is 0.342. The van der Waals surface area contributed by atoms with Gasteiger partial charge in [0.2, 0.25) is 0 Å². The fourth-order valence-electron chi connectivity index (χ4n) is 1.60. The highest BCUT2D eigenvalue weighted by atomic mass is 79.9. The zero-order valence-electron chi connectivity index (χ0n) is 8.04. The van der Waals surface area contributed by atoms with Gasteiger partial charge in [0.05, 0.1) is 12.6 Å². The van der Waals surface area contributed by atoms with Gasteiger partial charge >= 0.3 is 0 Å². The summed E-state index contributed by atoms with van der Waals surface area (Å²) in [7, 11) is 0. The molecule has 80 valence electrons. The Morgan fingerprint density at radius 3 is 2.87 bits per heavy atom. The molecule has 1 aromatic carbocycles. The van der Waals surface area contributed by atoms with E-state index in [1.54, 1.807) is 12.1 Å². The van der Waals surface area contributed by atoms with Gasteiger partial charge < -0.3 is 10.5 Å². The van der Waals surface area contributed by atoms with Gasteiger partial charge in [-0.1, -0.05) is 22.0 Å². The van der Waals surface area contributed by atoms with E-state index in [0.29, 0.717) is 22.4 Å². The van der Waals surface area contributed by atoms with Gasteiger partial charge in [0, 0.05) is 16.5 Å². The van der Waals surface area contributed by atoms with Crippen LogP contribution < -0.4 is 5.73 Å². The predicted molar refractivity (Wildman–Crippen MR) is 59.7 cm³/mol. The van der Waals surface area contributed by atoms with E-state index in [0.717, 1.165) is 6.42 Å². The molecule has 0 aliphatic carbocycles. The number of nitrogens with two attached hydrogens (primary N) is 1. The van der Waals surface area contributed by atoms with Gasteiger partial charge in [-0.05, 0) is 18.2 Å². The lowest BCUT2D eigenvalue weighted by molar-refractivity contribution is 0.224. The minimum absolute atomic E-state index is 0.312. The third-order valence-corrected chi connectivity index (χ3v) is 3.04. The van der Waals surface area contributed by atoms with Crippen molar-refractivity contribution in [2.24, 2.45) is 5.73 Å². The molecule has 0 amide bonds. The lowest BCUT2D eigenvalue weighted by Gasteiger charge is -2.15. The Morgan fingerprint density at radius 2 is 2.27 bits per heavy atom. The fraction of sp³-hybridized carbons (Fsp3) is 0.273. The Morgan fingerprint density at radius 1 is 1.47 bits per heavy atom. The molecule has 0 bridgehead atoms. The molecule has 0 fully saturated rings. The van der Waals surface area contributed by atoms with E-state index in [1.165, 1.54) is 6.07 Å². The van der Waals surface area contributed by atoms with Crippen LogP contribution in [0.5, 0.6) is 0 Å². The van der Waals surface area contributed by atoms with Crippen molar-refractivity contribution in [2.45, 2.75) is 12.5 Å². The van der Waals surface area contributed by atoms with Crippen molar-refractivity contribution in [1.29, 1.82) is 0 Å². The molecular weight excluding hydrogens is 261 g/mol. The minimum Gasteiger partial charge on any atom is -0.496 e. The van der Waals surface area contributed by atoms with Crippen molar-refractivity contribution in [2.75, 3.05) is 6.61 Å². The third kappa shape index (κ3) is 2.06. The van der Waals surface area contributed by atoms with Crippen LogP contribution in [-0.2, 0) is 4.74 Å². The second-order valence-corrected chi connectivity index (χ2v) is 4.21. The van der Waals surface area contributed by atoms with Crippen molar-refractivity contribution >= 4 is 15.9 Å². The first kappa shape index (κ1) is 10.6. The summed E-state index contributed by atoms with van der Waals surface area (Å²) >= 11 is 3.29. The maximum Gasteiger partial charge on any atom is 0.129 e. The molecule has 0 spiro atoms. The van der Waals surface area contributed by atoms with Gasteiger partial charge in [-0.2, -0.15) is 0 Å². The summed E-state index contributed by atoms with van der Waals surface area (Å²) in [6.07, 6.45) is 2.75. The van der Waals surface area contributed by atoms with Crippen molar-refractivity contribution in [3.8, 4) is 0 Å². The predicted octanol–water partition coefficient (Wildman–Crippen LogP) is 2.89. The average molecular weight is 272 g/mol. The molecule has 1 aromatic rings. The van der Waals surface area contributed by atoms with Crippen LogP contribution in [0.1, 0.15) is 18.0 Å². The highest BCUT2D eigenvalue weighted by molar-refractivity contribution is 9.10. The van der Waals surface area contributed by atoms with Crippen LogP contribution >= 0.6 is 15.9 Å². The first-order valence-corrected chi connectivity index (χ1v) is 5.52. The van der Waals surface area contributed by atoms with Crippen molar-refractivity contribution in [3.05, 3.63) is 45.9 Å². The molecule has 2 N–H and O–H groups in total. The normalized spacial score (nSPS) is 17.1. The quantitative estimate of drug-likeness (QED) is 0.898. The first-order valence-electron chi connectivity index (χ1n) is 4.72. The van der Waals surface area contributed by atoms with Gasteiger partial charge in [0.25, 0.3) is 0 Å². The van der Waals surface area contributed by atoms with Gasteiger partial charge in [-0.3, -0.25) is 0 Å². The van der Waals surface area contributed by atoms with Crippen LogP contribution in [0.4, 0.5) is 4.39 Å². The highest BCUT2D eigenvalue weighted by Crippen LogP contribution is 2.31. The molecule has 0 radical (unpaired) electrons. The number of benzene rings is 1. The molecule has 0 saturated carbocycles. The van der Waals surface area contributed by atoms with Gasteiger partial charge in [0.1, 0.15) is 11.6 Å². The number of rotatable bonds is 2. The van der Waals surface area contributed by atoms with Crippen LogP contribution in [0, 0.1) is 5.82 Å². The molecular formula is C11H11BrFNO. The van der Waals surface area contributed by atoms with Crippen molar-refractivity contribution in [1.82, 2.24) is 0 Å². The number of hydrogen-bond acceptors (Lipinski definition) is 2. The Labute approximate surface area is 96.0 Å². The van der Waals surface area contributed by atoms with E-state index < -0.39 is 6.04 Å². The second-order valence-electron chi connectivity index (χ2n) is 3.36. The van der Waals surface area contributed by atoms with Crippen LogP contribution in [0.2, 0.25) is 0 Å². The highest BCUT2D eigenvalue weighted by Gasteiger charge is 2.21. The Balaban J connectivity index is 2.36. The van der Waals surface area contributed by atoms with E-state index in [9.17, 15) is 4.39 Å². The molecule has 1 aliphatic rings. The average Bonchev–Trinajstić information content (AvgIpc) is 2.69. The van der Waals surface area contributed by atoms with E-state index in [2.05, 4.69) is 15.9 Å². The van der Waals surface area contributed by atoms with Crippen molar-refractivity contribution in [3.63, 3.8) is 0 Å². The summed E-state index contributed by atoms with van der Waals surface area (Å²) < 4.78 is 19.6. The summed E-state index contributed by atoms with van der Waals surface area (Å²) in [4.78, 5) is 0. The maximum atomic E-state index is 13.6. The second kappa shape index (κ2) is 4.33. The standard InChI is InChI=1S/C11H11BrFNO/c12-7-3-1-4-8(13)10(7)11(14)9-5-2-6-15-9/h1,3-5,11H,2,6,14H2. The molecule has 1 atom stereocenters. The zero-order chi connectivity index (χ0) is 10.8. The summed E-state index contributed by atoms with van der Waals surface area (Å²) in [5.41, 5.74) is 6.39. The van der Waals surface area contributed by atoms with E-state index in [-0.39, 0.29) is 5.82 Å². The third-order valence-electron chi connectivity index (χ3n) is 2.35. The van der Waals surface area contributed by atoms with Crippen molar-refractivity contribution < 1.29 is 9.13 Å². The van der Waals surface area contributed by atoms with E-state index >= 15 is 0 Å². The molecule has 1 aliphatic heterocycles. The smallest absolute Gasteiger partial charge is 0.129 e. The minimum atomic E-state index is -0.525. The molecule has 2 rings (SSSR count). The Kier molecular flexibility index (Phi) is 3.07. The van der Waals surface area contributed by atoms with Gasteiger partial charge in [-0.25, -0.2) is 4.39 Å². The summed E-state index contributed by atoms with van der Waals surface area (Å²) in [5, 5.41) is 0. The molecule has 4 heteroatoms. The lowest BCUT2D eigenvalue weighted by atomic mass is 10.1. The lowest BCUT2D eigenvalue weighted by Crippen LogP contribution is -2.16. The van der Waals surface area contributed by atoms with Crippen LogP contribution in [-0.4, -0.2) is 6.61 Å². The molecule has 0 aromatic heterocycles. The van der Waals surface area contributed by atoms with Gasteiger partial charge in [0.15, 0.2) is 0 Å². The largest absolute Gasteiger partial charge is 0.496 e. The SMILES string of the molecule is NC(C1=CCCO1)c1c(F)cccc1Br. The number of ether oxygens (including phenoxy) is 1. The van der Waals surface area contributed by atoms with Crippen LogP contribution in [0.25, 0.3) is 0 Å². The van der Waals surface area contributed by atoms with Crippen LogP contribution in [0.3, 0.4) is 0 Å². The zero-order valence-corrected chi connectivity index (χ0v) is 9.63. The fourth-order valence-corrected chi connectivity index (χ4v) is 2.19. The molecule has 1 unspecified atom stereocenters. The summed E-state index contributed by atoms with van der Waals surface area (Å²) in [6, 6.07) is 4.28. The maximum absolute atomic E-state index is 13.6.